The molecular weight excluding hydrogens is 322 g/mol. The van der Waals surface area contributed by atoms with E-state index in [1.165, 1.54) is 19.1 Å². The summed E-state index contributed by atoms with van der Waals surface area (Å²) in [5, 5.41) is 8.77. The van der Waals surface area contributed by atoms with E-state index in [9.17, 15) is 18.0 Å². The maximum atomic E-state index is 12.2. The molecule has 0 spiro atoms. The molecule has 0 radical (unpaired) electrons. The highest BCUT2D eigenvalue weighted by atomic mass is 35.5. The largest absolute Gasteiger partial charge is 0.480 e. The first-order valence-corrected chi connectivity index (χ1v) is 7.72. The number of hydrogen-bond donors (Lipinski definition) is 2. The highest BCUT2D eigenvalue weighted by molar-refractivity contribution is 7.89. The molecule has 7 nitrogen and oxygen atoms in total. The molecule has 0 aliphatic heterocycles. The Morgan fingerprint density at radius 1 is 1.43 bits per heavy atom. The second-order valence-electron chi connectivity index (χ2n) is 4.06. The summed E-state index contributed by atoms with van der Waals surface area (Å²) in [5.74, 6) is -2.03. The molecule has 0 saturated carbocycles. The number of carbonyl (C=O) groups excluding carboxylic acids is 1. The van der Waals surface area contributed by atoms with Gasteiger partial charge in [-0.2, -0.15) is 4.72 Å². The van der Waals surface area contributed by atoms with Crippen molar-refractivity contribution < 1.29 is 27.9 Å². The number of ether oxygens (including phenoxy) is 1. The number of benzene rings is 1. The molecule has 1 aromatic rings. The number of methoxy groups -OCH3 is 1. The van der Waals surface area contributed by atoms with E-state index in [-0.39, 0.29) is 21.9 Å². The van der Waals surface area contributed by atoms with Crippen LogP contribution in [0.15, 0.2) is 23.1 Å². The van der Waals surface area contributed by atoms with E-state index in [2.05, 4.69) is 4.74 Å². The normalized spacial score (nSPS) is 12.7. The number of sulfonamides is 1. The molecule has 0 fully saturated rings. The Morgan fingerprint density at radius 2 is 2.05 bits per heavy atom. The van der Waals surface area contributed by atoms with Crippen LogP contribution < -0.4 is 4.72 Å². The topological polar surface area (TPSA) is 110 Å². The fourth-order valence-electron chi connectivity index (χ4n) is 1.51. The molecule has 0 aliphatic rings. The maximum Gasteiger partial charge on any atom is 0.337 e. The summed E-state index contributed by atoms with van der Waals surface area (Å²) in [6.45, 7) is 1.52. The van der Waals surface area contributed by atoms with Crippen LogP contribution in [0.4, 0.5) is 0 Å². The lowest BCUT2D eigenvalue weighted by Crippen LogP contribution is -2.40. The monoisotopic (exact) mass is 335 g/mol. The predicted octanol–water partition coefficient (Wildman–Crippen LogP) is 1.27. The van der Waals surface area contributed by atoms with Gasteiger partial charge in [-0.25, -0.2) is 13.2 Å². The van der Waals surface area contributed by atoms with Crippen LogP contribution in [-0.4, -0.2) is 38.6 Å². The van der Waals surface area contributed by atoms with Crippen LogP contribution >= 0.6 is 11.6 Å². The van der Waals surface area contributed by atoms with Gasteiger partial charge in [-0.05, 0) is 24.6 Å². The molecule has 2 N–H and O–H groups in total. The Balaban J connectivity index is 3.24. The van der Waals surface area contributed by atoms with Crippen LogP contribution in [0.5, 0.6) is 0 Å². The van der Waals surface area contributed by atoms with Gasteiger partial charge < -0.3 is 9.84 Å². The Labute approximate surface area is 126 Å². The third-order valence-corrected chi connectivity index (χ3v) is 4.60. The van der Waals surface area contributed by atoms with E-state index in [4.69, 9.17) is 16.7 Å². The first-order valence-electron chi connectivity index (χ1n) is 5.86. The third kappa shape index (κ3) is 4.16. The second-order valence-corrected chi connectivity index (χ2v) is 6.15. The maximum absolute atomic E-state index is 12.2. The van der Waals surface area contributed by atoms with E-state index >= 15 is 0 Å². The van der Waals surface area contributed by atoms with Crippen LogP contribution in [0.1, 0.15) is 23.7 Å². The van der Waals surface area contributed by atoms with Gasteiger partial charge in [0, 0.05) is 0 Å². The Morgan fingerprint density at radius 3 is 2.52 bits per heavy atom. The van der Waals surface area contributed by atoms with Crippen LogP contribution in [0.3, 0.4) is 0 Å². The number of hydrogen-bond acceptors (Lipinski definition) is 5. The number of aliphatic carboxylic acids is 1. The average molecular weight is 336 g/mol. The number of carboxylic acids is 1. The molecule has 0 saturated heterocycles. The summed E-state index contributed by atoms with van der Waals surface area (Å²) in [6, 6.07) is 2.28. The van der Waals surface area contributed by atoms with Crippen LogP contribution in [0.2, 0.25) is 5.02 Å². The Hall–Kier alpha value is -1.64. The van der Waals surface area contributed by atoms with Gasteiger partial charge in [-0.1, -0.05) is 18.5 Å². The lowest BCUT2D eigenvalue weighted by atomic mass is 10.2. The van der Waals surface area contributed by atoms with E-state index in [0.717, 1.165) is 13.2 Å². The van der Waals surface area contributed by atoms with Crippen LogP contribution in [0.25, 0.3) is 0 Å². The quantitative estimate of drug-likeness (QED) is 0.757. The van der Waals surface area contributed by atoms with Gasteiger partial charge >= 0.3 is 11.9 Å². The Bertz CT molecular complexity index is 658. The van der Waals surface area contributed by atoms with E-state index < -0.39 is 28.0 Å². The van der Waals surface area contributed by atoms with Crippen molar-refractivity contribution in [2.75, 3.05) is 7.11 Å². The molecule has 0 amide bonds. The van der Waals surface area contributed by atoms with Crippen molar-refractivity contribution in [2.45, 2.75) is 24.3 Å². The molecule has 1 rings (SSSR count). The minimum absolute atomic E-state index is 0.00866. The van der Waals surface area contributed by atoms with Crippen molar-refractivity contribution in [1.29, 1.82) is 0 Å². The van der Waals surface area contributed by atoms with Gasteiger partial charge in [0.05, 0.1) is 17.7 Å². The van der Waals surface area contributed by atoms with Gasteiger partial charge in [0.25, 0.3) is 0 Å². The Kier molecular flexibility index (Phi) is 5.70. The lowest BCUT2D eigenvalue weighted by molar-refractivity contribution is -0.139. The number of rotatable bonds is 6. The zero-order valence-corrected chi connectivity index (χ0v) is 12.9. The van der Waals surface area contributed by atoms with Crippen molar-refractivity contribution >= 4 is 33.6 Å². The summed E-state index contributed by atoms with van der Waals surface area (Å²) in [7, 11) is -3.03. The standard InChI is InChI=1S/C12H14ClNO6S/c1-3-9(11(15)16)14-21(18,19)10-6-7(12(17)20-2)4-5-8(10)13/h4-6,9,14H,3H2,1-2H3,(H,15,16)/t9-/m1/s1. The molecule has 9 heteroatoms. The fourth-order valence-corrected chi connectivity index (χ4v) is 3.31. The highest BCUT2D eigenvalue weighted by Crippen LogP contribution is 2.23. The summed E-state index contributed by atoms with van der Waals surface area (Å²) >= 11 is 5.82. The second kappa shape index (κ2) is 6.88. The molecule has 1 atom stereocenters. The zero-order valence-electron chi connectivity index (χ0n) is 11.3. The highest BCUT2D eigenvalue weighted by Gasteiger charge is 2.26. The molecule has 116 valence electrons. The van der Waals surface area contributed by atoms with Gasteiger partial charge in [0.2, 0.25) is 10.0 Å². The number of nitrogens with one attached hydrogen (secondary N) is 1. The number of esters is 1. The number of halogens is 1. The summed E-state index contributed by atoms with van der Waals surface area (Å²) in [4.78, 5) is 21.9. The first-order chi connectivity index (χ1) is 9.72. The van der Waals surface area contributed by atoms with Crippen molar-refractivity contribution in [1.82, 2.24) is 4.72 Å². The van der Waals surface area contributed by atoms with Crippen LogP contribution in [0, 0.1) is 0 Å². The zero-order chi connectivity index (χ0) is 16.2. The van der Waals surface area contributed by atoms with E-state index in [0.29, 0.717) is 0 Å². The van der Waals surface area contributed by atoms with Gasteiger partial charge in [-0.15, -0.1) is 0 Å². The summed E-state index contributed by atoms with van der Waals surface area (Å²) < 4.78 is 30.9. The molecule has 0 unspecified atom stereocenters. The SMILES string of the molecule is CC[C@@H](NS(=O)(=O)c1cc(C(=O)OC)ccc1Cl)C(=O)O. The van der Waals surface area contributed by atoms with Gasteiger partial charge in [0.15, 0.2) is 0 Å². The van der Waals surface area contributed by atoms with Crippen LogP contribution in [-0.2, 0) is 19.6 Å². The molecule has 0 aliphatic carbocycles. The first kappa shape index (κ1) is 17.4. The average Bonchev–Trinajstić information content (AvgIpc) is 2.43. The molecule has 0 aromatic heterocycles. The summed E-state index contributed by atoms with van der Waals surface area (Å²) in [6.07, 6.45) is 0.0584. The van der Waals surface area contributed by atoms with Gasteiger partial charge in [0.1, 0.15) is 10.9 Å². The molecule has 0 bridgehead atoms. The van der Waals surface area contributed by atoms with Crippen molar-refractivity contribution in [3.63, 3.8) is 0 Å². The minimum Gasteiger partial charge on any atom is -0.480 e. The van der Waals surface area contributed by atoms with E-state index in [1.54, 1.807) is 0 Å². The molecule has 1 aromatic carbocycles. The predicted molar refractivity (Wildman–Crippen MR) is 74.8 cm³/mol. The molecule has 21 heavy (non-hydrogen) atoms. The van der Waals surface area contributed by atoms with Gasteiger partial charge in [-0.3, -0.25) is 4.79 Å². The fraction of sp³-hybridized carbons (Fsp3) is 0.333. The number of carboxylic acid groups (broad SMARTS) is 1. The lowest BCUT2D eigenvalue weighted by Gasteiger charge is -2.14. The minimum atomic E-state index is -4.18. The van der Waals surface area contributed by atoms with Crippen molar-refractivity contribution in [2.24, 2.45) is 0 Å². The summed E-state index contributed by atoms with van der Waals surface area (Å²) in [5.41, 5.74) is -0.00866. The third-order valence-electron chi connectivity index (χ3n) is 2.65. The van der Waals surface area contributed by atoms with Crippen molar-refractivity contribution in [3.8, 4) is 0 Å². The van der Waals surface area contributed by atoms with Crippen molar-refractivity contribution in [3.05, 3.63) is 28.8 Å². The number of carbonyl (C=O) groups is 2. The molecular formula is C12H14ClNO6S. The smallest absolute Gasteiger partial charge is 0.337 e. The van der Waals surface area contributed by atoms with E-state index in [1.807, 2.05) is 4.72 Å². The molecule has 0 heterocycles.